The quantitative estimate of drug-likeness (QED) is 0.238. The topological polar surface area (TPSA) is 0 Å². The summed E-state index contributed by atoms with van der Waals surface area (Å²) < 4.78 is 277. The fourth-order valence-electron chi connectivity index (χ4n) is 1.46. The number of halogens is 22. The molecule has 0 saturated heterocycles. The molecule has 0 atom stereocenters. The maximum atomic E-state index is 13.1. The van der Waals surface area contributed by atoms with Gasteiger partial charge in [0.25, 0.3) is 0 Å². The van der Waals surface area contributed by atoms with E-state index in [1.54, 1.807) is 0 Å². The average molecular weight is 562 g/mol. The minimum absolute atomic E-state index is 1.47. The van der Waals surface area contributed by atoms with E-state index in [4.69, 9.17) is 0 Å². The molecule has 0 aliphatic carbocycles. The Kier molecular flexibility index (Phi) is 7.31. The van der Waals surface area contributed by atoms with Crippen LogP contribution in [-0.2, 0) is 0 Å². The summed E-state index contributed by atoms with van der Waals surface area (Å²) in [7, 11) is 0. The van der Waals surface area contributed by atoms with Gasteiger partial charge in [0.15, 0.2) is 0 Å². The lowest BCUT2D eigenvalue weighted by Crippen LogP contribution is -2.67. The molecule has 0 unspecified atom stereocenters. The van der Waals surface area contributed by atoms with Crippen LogP contribution in [0.1, 0.15) is 0 Å². The Morgan fingerprint density at radius 2 is 0.412 bits per heavy atom. The first kappa shape index (κ1) is 32.0. The van der Waals surface area contributed by atoms with Crippen LogP contribution in [0, 0.1) is 11.8 Å². The van der Waals surface area contributed by atoms with Gasteiger partial charge in [-0.3, -0.25) is 0 Å². The lowest BCUT2D eigenvalue weighted by Gasteiger charge is -2.36. The number of hydrogen-bond donors (Lipinski definition) is 0. The molecule has 0 aromatic heterocycles. The van der Waals surface area contributed by atoms with Gasteiger partial charge < -0.3 is 0 Å². The molecule has 0 N–H and O–H groups in total. The van der Waals surface area contributed by atoms with E-state index < -0.39 is 71.6 Å². The zero-order valence-corrected chi connectivity index (χ0v) is 14.3. The Hall–Kier alpha value is -1.98. The molecule has 202 valence electrons. The van der Waals surface area contributed by atoms with Crippen molar-refractivity contribution in [3.63, 3.8) is 0 Å². The van der Waals surface area contributed by atoms with Gasteiger partial charge in [0.05, 0.1) is 0 Å². The predicted molar refractivity (Wildman–Crippen MR) is 59.5 cm³/mol. The van der Waals surface area contributed by atoms with Gasteiger partial charge in [-0.2, -0.15) is 96.6 Å². The summed E-state index contributed by atoms with van der Waals surface area (Å²) in [5.74, 6) is -67.6. The Bertz CT molecular complexity index is 744. The smallest absolute Gasteiger partial charge is 0.192 e. The normalized spacial score (nSPS) is 16.3. The largest absolute Gasteiger partial charge is 0.460 e. The second-order valence-corrected chi connectivity index (χ2v) is 5.84. The molecule has 0 aromatic carbocycles. The third kappa shape index (κ3) is 4.26. The Balaban J connectivity index is 6.69. The van der Waals surface area contributed by atoms with Crippen molar-refractivity contribution in [2.24, 2.45) is 0 Å². The molecule has 34 heavy (non-hydrogen) atoms. The molecule has 0 aromatic rings. The van der Waals surface area contributed by atoms with Crippen LogP contribution >= 0.6 is 0 Å². The highest BCUT2D eigenvalue weighted by Gasteiger charge is 2.88. The first-order valence-electron chi connectivity index (χ1n) is 6.91. The van der Waals surface area contributed by atoms with Crippen molar-refractivity contribution in [1.82, 2.24) is 0 Å². The summed E-state index contributed by atoms with van der Waals surface area (Å²) >= 11 is 0. The van der Waals surface area contributed by atoms with Crippen LogP contribution in [0.2, 0.25) is 0 Å². The lowest BCUT2D eigenvalue weighted by atomic mass is 9.96. The summed E-state index contributed by atoms with van der Waals surface area (Å²) in [4.78, 5) is 0. The van der Waals surface area contributed by atoms with Gasteiger partial charge in [-0.15, -0.1) is 0 Å². The molecule has 0 heterocycles. The molecule has 0 aliphatic rings. The Morgan fingerprint density at radius 3 is 0.559 bits per heavy atom. The molecule has 0 spiro atoms. The fraction of sp³-hybridized carbons (Fsp3) is 0.833. The molecular formula is C12F22. The van der Waals surface area contributed by atoms with Gasteiger partial charge in [0, 0.05) is 0 Å². The molecule has 0 rings (SSSR count). The van der Waals surface area contributed by atoms with Gasteiger partial charge in [-0.1, -0.05) is 0 Å². The average Bonchev–Trinajstić information content (AvgIpc) is 2.57. The van der Waals surface area contributed by atoms with Crippen molar-refractivity contribution in [2.45, 2.75) is 59.7 Å². The summed E-state index contributed by atoms with van der Waals surface area (Å²) in [6.45, 7) is 0. The number of alkyl halides is 22. The van der Waals surface area contributed by atoms with Gasteiger partial charge in [-0.25, -0.2) is 0 Å². The van der Waals surface area contributed by atoms with Crippen LogP contribution in [0.3, 0.4) is 0 Å². The molecule has 0 radical (unpaired) electrons. The van der Waals surface area contributed by atoms with Crippen LogP contribution in [0.15, 0.2) is 0 Å². The molecular weight excluding hydrogens is 562 g/mol. The van der Waals surface area contributed by atoms with Crippen molar-refractivity contribution < 1.29 is 96.6 Å². The van der Waals surface area contributed by atoms with E-state index in [1.165, 1.54) is 0 Å². The maximum Gasteiger partial charge on any atom is 0.460 e. The van der Waals surface area contributed by atoms with Crippen molar-refractivity contribution in [1.29, 1.82) is 0 Å². The minimum Gasteiger partial charge on any atom is -0.192 e. The lowest BCUT2D eigenvalue weighted by molar-refractivity contribution is -0.417. The summed E-state index contributed by atoms with van der Waals surface area (Å²) in [6, 6.07) is 0. The van der Waals surface area contributed by atoms with Crippen LogP contribution in [-0.4, -0.2) is 59.7 Å². The van der Waals surface area contributed by atoms with E-state index in [9.17, 15) is 96.6 Å². The van der Waals surface area contributed by atoms with E-state index in [0.717, 1.165) is 0 Å². The second-order valence-electron chi connectivity index (χ2n) is 5.84. The van der Waals surface area contributed by atoms with E-state index in [-0.39, 0.29) is 0 Å². The number of hydrogen-bond acceptors (Lipinski definition) is 0. The second kappa shape index (κ2) is 7.76. The molecule has 22 heteroatoms. The van der Waals surface area contributed by atoms with E-state index in [0.29, 0.717) is 0 Å². The molecule has 0 amide bonds. The van der Waals surface area contributed by atoms with Gasteiger partial charge >= 0.3 is 59.7 Å². The first-order chi connectivity index (χ1) is 14.2. The first-order valence-corrected chi connectivity index (χ1v) is 6.91. The van der Waals surface area contributed by atoms with Gasteiger partial charge in [0.1, 0.15) is 0 Å². The number of rotatable bonds is 6. The Labute approximate surface area is 169 Å². The molecule has 0 nitrogen and oxygen atoms in total. The van der Waals surface area contributed by atoms with Crippen LogP contribution in [0.5, 0.6) is 0 Å². The van der Waals surface area contributed by atoms with Crippen molar-refractivity contribution in [2.75, 3.05) is 0 Å². The molecule has 0 bridgehead atoms. The van der Waals surface area contributed by atoms with Crippen LogP contribution < -0.4 is 0 Å². The summed E-state index contributed by atoms with van der Waals surface area (Å²) in [6.07, 6.45) is -15.5. The minimum atomic E-state index is -8.32. The third-order valence-electron chi connectivity index (χ3n) is 3.45. The zero-order chi connectivity index (χ0) is 28.4. The highest BCUT2D eigenvalue weighted by Crippen LogP contribution is 2.59. The molecule has 0 aliphatic heterocycles. The van der Waals surface area contributed by atoms with Gasteiger partial charge in [0.2, 0.25) is 0 Å². The highest BCUT2D eigenvalue weighted by atomic mass is 19.4. The molecule has 0 saturated carbocycles. The van der Waals surface area contributed by atoms with Crippen LogP contribution in [0.4, 0.5) is 96.6 Å². The standard InChI is InChI=1S/C12F22/c13-3(14,5(17,18)7(21,22)9(25,26)11(29,30)31)1-2-4(15,16)6(19,20)8(23,24)10(27,28)12(32,33)34. The maximum absolute atomic E-state index is 13.1. The predicted octanol–water partition coefficient (Wildman–Crippen LogP) is 7.20. The summed E-state index contributed by atoms with van der Waals surface area (Å²) in [5.41, 5.74) is 0. The van der Waals surface area contributed by atoms with E-state index in [1.807, 2.05) is 0 Å². The fourth-order valence-corrected chi connectivity index (χ4v) is 1.46. The monoisotopic (exact) mass is 562 g/mol. The van der Waals surface area contributed by atoms with E-state index >= 15 is 0 Å². The zero-order valence-electron chi connectivity index (χ0n) is 14.3. The van der Waals surface area contributed by atoms with Crippen LogP contribution in [0.25, 0.3) is 0 Å². The van der Waals surface area contributed by atoms with Crippen molar-refractivity contribution in [3.05, 3.63) is 0 Å². The third-order valence-corrected chi connectivity index (χ3v) is 3.45. The summed E-state index contributed by atoms with van der Waals surface area (Å²) in [5, 5.41) is 0. The SMILES string of the molecule is FC(F)(F)C(F)(F)C(F)(F)C(F)(F)C(F)(F)C#CC(F)(F)C(F)(F)C(F)(F)C(F)(F)C(F)(F)F. The van der Waals surface area contributed by atoms with E-state index in [2.05, 4.69) is 0 Å². The molecule has 0 fully saturated rings. The highest BCUT2D eigenvalue weighted by molar-refractivity contribution is 5.26. The van der Waals surface area contributed by atoms with Crippen molar-refractivity contribution in [3.8, 4) is 11.8 Å². The van der Waals surface area contributed by atoms with Crippen molar-refractivity contribution >= 4 is 0 Å². The van der Waals surface area contributed by atoms with Gasteiger partial charge in [-0.05, 0) is 11.8 Å². The Morgan fingerprint density at radius 1 is 0.235 bits per heavy atom.